The fourth-order valence-corrected chi connectivity index (χ4v) is 6.76. The van der Waals surface area contributed by atoms with E-state index in [0.717, 1.165) is 49.7 Å². The van der Waals surface area contributed by atoms with Crippen LogP contribution in [0.4, 0.5) is 0 Å². The van der Waals surface area contributed by atoms with Gasteiger partial charge in [-0.05, 0) is 59.3 Å². The molecule has 0 unspecified atom stereocenters. The van der Waals surface area contributed by atoms with Crippen LogP contribution < -0.4 is 0 Å². The zero-order valence-electron chi connectivity index (χ0n) is 35.7. The number of aryl methyl sites for hydroxylation is 2. The molecule has 53 heavy (non-hydrogen) atoms. The van der Waals surface area contributed by atoms with Gasteiger partial charge in [-0.25, -0.2) is 4.98 Å². The Bertz CT molecular complexity index is 2850. The molecule has 0 aliphatic carbocycles. The molecule has 0 N–H and O–H groups in total. The molecule has 265 valence electrons. The van der Waals surface area contributed by atoms with Crippen LogP contribution in [0.3, 0.4) is 0 Å². The van der Waals surface area contributed by atoms with Crippen molar-refractivity contribution in [1.29, 1.82) is 0 Å². The summed E-state index contributed by atoms with van der Waals surface area (Å²) in [6.07, 6.45) is 1.30. The first-order valence-electron chi connectivity index (χ1n) is 20.4. The molecule has 0 amide bonds. The minimum atomic E-state index is -2.18. The molecule has 1 radical (unpaired) electrons. The fraction of sp³-hybridized carbons (Fsp3) is 0.170. The molecule has 5 nitrogen and oxygen atoms in total. The van der Waals surface area contributed by atoms with Gasteiger partial charge in [0.05, 0.1) is 22.4 Å². The number of aromatic nitrogens is 4. The minimum Gasteiger partial charge on any atom is -0.501 e. The van der Waals surface area contributed by atoms with Crippen LogP contribution in [0.1, 0.15) is 70.0 Å². The monoisotopic (exact) mass is 875 g/mol. The summed E-state index contributed by atoms with van der Waals surface area (Å²) < 4.78 is 52.4. The van der Waals surface area contributed by atoms with Crippen LogP contribution >= 0.6 is 0 Å². The van der Waals surface area contributed by atoms with E-state index < -0.39 is 13.7 Å². The van der Waals surface area contributed by atoms with Crippen molar-refractivity contribution in [1.82, 2.24) is 19.5 Å². The number of benzene rings is 5. The Morgan fingerprint density at radius 2 is 1.49 bits per heavy atom. The van der Waals surface area contributed by atoms with Crippen molar-refractivity contribution in [3.05, 3.63) is 156 Å². The van der Waals surface area contributed by atoms with Crippen molar-refractivity contribution < 1.29 is 32.7 Å². The minimum absolute atomic E-state index is 0. The van der Waals surface area contributed by atoms with Crippen LogP contribution in [0.5, 0.6) is 0 Å². The molecule has 4 aromatic heterocycles. The molecule has 4 heterocycles. The van der Waals surface area contributed by atoms with Crippen LogP contribution in [0.15, 0.2) is 126 Å². The Morgan fingerprint density at radius 1 is 0.736 bits per heavy atom. The molecule has 0 saturated heterocycles. The Labute approximate surface area is 332 Å². The van der Waals surface area contributed by atoms with E-state index in [1.165, 1.54) is 41.2 Å². The first kappa shape index (κ1) is 29.1. The van der Waals surface area contributed by atoms with Gasteiger partial charge in [0, 0.05) is 51.0 Å². The topological polar surface area (TPSA) is 56.7 Å². The molecule has 0 aliphatic heterocycles. The van der Waals surface area contributed by atoms with Gasteiger partial charge in [-0.3, -0.25) is 4.98 Å². The van der Waals surface area contributed by atoms with Crippen LogP contribution in [0.25, 0.3) is 72.3 Å². The van der Waals surface area contributed by atoms with Gasteiger partial charge >= 0.3 is 0 Å². The maximum Gasteiger partial charge on any atom is 0.168 e. The van der Waals surface area contributed by atoms with Gasteiger partial charge in [0.1, 0.15) is 5.58 Å². The van der Waals surface area contributed by atoms with E-state index >= 15 is 0 Å². The van der Waals surface area contributed by atoms with Gasteiger partial charge in [0.15, 0.2) is 5.65 Å². The summed E-state index contributed by atoms with van der Waals surface area (Å²) in [6, 6.07) is 43.3. The number of furan rings is 1. The maximum absolute atomic E-state index is 7.28. The van der Waals surface area contributed by atoms with E-state index in [-0.39, 0.29) is 31.2 Å². The van der Waals surface area contributed by atoms with Crippen molar-refractivity contribution in [2.24, 2.45) is 0 Å². The van der Waals surface area contributed by atoms with Crippen LogP contribution in [0, 0.1) is 25.8 Å². The normalized spacial score (nSPS) is 13.5. The molecule has 0 spiro atoms. The number of hydrogen-bond donors (Lipinski definition) is 0. The molecule has 0 saturated carbocycles. The Kier molecular flexibility index (Phi) is 8.18. The van der Waals surface area contributed by atoms with Crippen molar-refractivity contribution in [2.75, 3.05) is 0 Å². The largest absolute Gasteiger partial charge is 0.501 e. The molecule has 9 aromatic rings. The average Bonchev–Trinajstić information content (AvgIpc) is 3.77. The Morgan fingerprint density at radius 3 is 2.21 bits per heavy atom. The summed E-state index contributed by atoms with van der Waals surface area (Å²) in [7, 11) is 0. The SMILES string of the molecule is CC(C)c1cccc(C(C)C)c1-n1c(-c2[c-]ccc3c2oc2ccccc23)nc2nc3ccccc3cc21.[2H]C([2H])([2H])c1c[c-]c(-c2ccc(C([2H])([2H])[2H])cn2)cc1.[Ir]. The molecular formula is C47H40IrN4O-2. The molecule has 0 atom stereocenters. The Balaban J connectivity index is 0.000000214. The summed E-state index contributed by atoms with van der Waals surface area (Å²) in [5, 5.41) is 3.24. The number of pyridine rings is 2. The summed E-state index contributed by atoms with van der Waals surface area (Å²) in [4.78, 5) is 14.3. The molecule has 6 heteroatoms. The van der Waals surface area contributed by atoms with E-state index in [9.17, 15) is 0 Å². The third-order valence-corrected chi connectivity index (χ3v) is 9.33. The standard InChI is InChI=1S/C34H28N3O.C13H12N.Ir/c1-20(2)23-13-9-14-24(21(3)4)31(23)37-29-19-22-11-5-7-17-28(22)35-33(29)36-34(37)27-16-10-15-26-25-12-6-8-18-30(25)38-32(26)27;1-10-3-6-12(7-4-10)13-8-5-11(2)9-14-13;/h5-15,17-21H,1-4H3;3-6,8-9H,1-2H3;/q2*-1;/i;1D3,2D3;. The third-order valence-electron chi connectivity index (χ3n) is 9.33. The zero-order valence-corrected chi connectivity index (χ0v) is 32.1. The fourth-order valence-electron chi connectivity index (χ4n) is 6.76. The number of nitrogens with zero attached hydrogens (tertiary/aromatic N) is 4. The van der Waals surface area contributed by atoms with E-state index in [0.29, 0.717) is 28.7 Å². The molecule has 0 fully saturated rings. The summed E-state index contributed by atoms with van der Waals surface area (Å²) >= 11 is 0. The third kappa shape index (κ3) is 6.81. The number of para-hydroxylation sites is 3. The van der Waals surface area contributed by atoms with Gasteiger partial charge in [0.2, 0.25) is 0 Å². The van der Waals surface area contributed by atoms with E-state index in [4.69, 9.17) is 22.6 Å². The van der Waals surface area contributed by atoms with Crippen LogP contribution in [-0.2, 0) is 20.1 Å². The smallest absolute Gasteiger partial charge is 0.168 e. The summed E-state index contributed by atoms with van der Waals surface area (Å²) in [5.74, 6) is 1.45. The summed E-state index contributed by atoms with van der Waals surface area (Å²) in [6.45, 7) is 4.67. The number of hydrogen-bond acceptors (Lipinski definition) is 4. The van der Waals surface area contributed by atoms with Crippen molar-refractivity contribution in [3.63, 3.8) is 0 Å². The van der Waals surface area contributed by atoms with E-state index in [1.54, 1.807) is 12.1 Å². The van der Waals surface area contributed by atoms with Crippen molar-refractivity contribution >= 4 is 44.0 Å². The van der Waals surface area contributed by atoms with E-state index in [2.05, 4.69) is 97.9 Å². The molecule has 9 rings (SSSR count). The second-order valence-electron chi connectivity index (χ2n) is 13.5. The number of imidazole rings is 1. The molecule has 0 aliphatic rings. The van der Waals surface area contributed by atoms with Gasteiger partial charge < -0.3 is 14.0 Å². The van der Waals surface area contributed by atoms with Gasteiger partial charge in [0.25, 0.3) is 0 Å². The first-order valence-corrected chi connectivity index (χ1v) is 17.4. The molecular weight excluding hydrogens is 829 g/mol. The van der Waals surface area contributed by atoms with Crippen LogP contribution in [-0.4, -0.2) is 19.5 Å². The second-order valence-corrected chi connectivity index (χ2v) is 13.5. The average molecular weight is 875 g/mol. The van der Waals surface area contributed by atoms with E-state index in [1.807, 2.05) is 36.4 Å². The summed E-state index contributed by atoms with van der Waals surface area (Å²) in [5.41, 5.74) is 10.4. The van der Waals surface area contributed by atoms with Crippen molar-refractivity contribution in [3.8, 4) is 28.3 Å². The quantitative estimate of drug-likeness (QED) is 0.162. The predicted molar refractivity (Wildman–Crippen MR) is 214 cm³/mol. The maximum atomic E-state index is 7.28. The Hall–Kier alpha value is -5.42. The second kappa shape index (κ2) is 14.9. The molecule has 5 aromatic carbocycles. The van der Waals surface area contributed by atoms with Gasteiger partial charge in [-0.15, -0.1) is 53.6 Å². The van der Waals surface area contributed by atoms with Crippen molar-refractivity contribution in [2.45, 2.75) is 53.2 Å². The number of rotatable bonds is 5. The number of fused-ring (bicyclic) bond motifs is 5. The zero-order chi connectivity index (χ0) is 40.9. The van der Waals surface area contributed by atoms with Gasteiger partial charge in [-0.1, -0.05) is 112 Å². The van der Waals surface area contributed by atoms with Gasteiger partial charge in [-0.2, -0.15) is 0 Å². The predicted octanol–water partition coefficient (Wildman–Crippen LogP) is 12.4. The van der Waals surface area contributed by atoms with Crippen LogP contribution in [0.2, 0.25) is 0 Å². The molecule has 0 bridgehead atoms. The first-order chi connectivity index (χ1) is 27.7.